The maximum absolute atomic E-state index is 12.4. The van der Waals surface area contributed by atoms with Gasteiger partial charge in [-0.3, -0.25) is 43.7 Å². The number of aromatic nitrogens is 2. The predicted molar refractivity (Wildman–Crippen MR) is 545 cm³/mol. The zero-order chi connectivity index (χ0) is 108. The topological polar surface area (TPSA) is 522 Å². The average molecular weight is 2040 g/mol. The highest BCUT2D eigenvalue weighted by Crippen LogP contribution is 2.32. The molecular weight excluding hydrogens is 1940 g/mol. The summed E-state index contributed by atoms with van der Waals surface area (Å²) in [6, 6.07) is 87.7. The summed E-state index contributed by atoms with van der Waals surface area (Å²) in [5.41, 5.74) is 7.29. The van der Waals surface area contributed by atoms with E-state index in [1.54, 1.807) is 146 Å². The van der Waals surface area contributed by atoms with E-state index in [0.29, 0.717) is 47.0 Å². The van der Waals surface area contributed by atoms with Crippen LogP contribution in [0.4, 0.5) is 24.5 Å². The molecule has 0 spiro atoms. The quantitative estimate of drug-likeness (QED) is 0.0102. The lowest BCUT2D eigenvalue weighted by Gasteiger charge is -2.14. The molecule has 0 bridgehead atoms. The third-order valence-electron chi connectivity index (χ3n) is 21.3. The SMILES string of the molecule is C#Cc1ccc(CC(=O)c2ccc(CS(=O)(=O)c3ccccc3)cc2)cc1.CCc1cccc(CC(=O)c2ccccc2C(=O)O)c1.Cc1cc(CC(=O)c2ccccc2C(=O)O)n[nH]1.N#Cc1cc(NC(=O)c2ccccc2C(=O)O)ccc1C(=O)O.O=C(O)c1ccccc1C(=O)CC1=NCC=C1.O=C(O)c1ccccc1C(=O)CCCOc1ccccc1.O=C(O)c1ccccc1C(=O)Nc1ccccc1OC(F)(F)F. The molecule has 10 N–H and O–H groups in total. The first-order valence-corrected chi connectivity index (χ1v) is 46.6. The highest BCUT2D eigenvalue weighted by molar-refractivity contribution is 7.90. The molecule has 0 saturated heterocycles. The molecule has 756 valence electrons. The number of carboxylic acid groups (broad SMARTS) is 7. The fourth-order valence-electron chi connectivity index (χ4n) is 14.1. The second-order valence-electron chi connectivity index (χ2n) is 31.9. The molecule has 1 aliphatic heterocycles. The lowest BCUT2D eigenvalue weighted by Crippen LogP contribution is -2.20. The van der Waals surface area contributed by atoms with Gasteiger partial charge < -0.3 is 55.9 Å². The van der Waals surface area contributed by atoms with Crippen LogP contribution in [0.15, 0.2) is 350 Å². The number of para-hydroxylation sites is 3. The van der Waals surface area contributed by atoms with Crippen LogP contribution in [0.5, 0.6) is 11.5 Å². The Labute approximate surface area is 851 Å². The molecule has 0 unspecified atom stereocenters. The van der Waals surface area contributed by atoms with Crippen molar-refractivity contribution in [3.8, 4) is 29.9 Å². The normalized spacial score (nSPS) is 10.7. The van der Waals surface area contributed by atoms with Gasteiger partial charge in [-0.1, -0.05) is 225 Å². The minimum absolute atomic E-state index is 0.0229. The number of alkyl halides is 3. The molecule has 13 aromatic carbocycles. The van der Waals surface area contributed by atoms with Gasteiger partial charge in [0.25, 0.3) is 11.8 Å². The number of aryl methyl sites for hydroxylation is 2. The monoisotopic (exact) mass is 2030 g/mol. The first kappa shape index (κ1) is 113. The Bertz CT molecular complexity index is 7540. The van der Waals surface area contributed by atoms with Crippen molar-refractivity contribution < 1.29 is 134 Å². The molecule has 0 saturated carbocycles. The standard InChI is InChI=1S/C23H18O3S.C17H16O4.C17H16O3.C16H10N2O5.C15H10F3NO4.C13H12N2O3.C13H11NO3/c1-2-18-8-10-19(11-9-18)16-23(24)21-14-12-20(13-15-21)17-27(25,26)22-6-4-3-5-7-22;18-16(14-9-4-5-10-15(14)17(19)20)11-6-12-21-13-7-2-1-3-8-13;1-2-12-6-5-7-13(10-12)11-16(18)14-8-3-4-9-15(14)17(19)20;17-8-9-7-10(5-6-11(9)15(20)21)18-14(19)12-3-1-2-4-13(12)16(22)23;16-15(17,18)23-12-8-4-3-7-11(12)19-13(20)9-5-1-2-6-10(9)14(21)22;1-8-6-9(15-14-8)7-12(16)10-4-2-3-5-11(10)13(17)18;15-12(8-9-4-3-7-14-9)10-5-1-2-6-11(10)13(16)17/h1,3-15H,16-17H2;1-5,7-10H,6,11-12H2,(H,19,20);3-10H,2,11H2,1H3,(H,19,20);1-7H,(H,18,19)(H,20,21)(H,22,23);1-8H,(H,19,20)(H,21,22);2-6H,7H2,1H3,(H,14,15)(H,17,18);1-6H,7-8H2,(H,16,17). The Morgan fingerprint density at radius 1 is 0.430 bits per heavy atom. The number of nitrogens with one attached hydrogen (secondary N) is 3. The van der Waals surface area contributed by atoms with Crippen LogP contribution in [0.25, 0.3) is 0 Å². The number of ketones is 5. The van der Waals surface area contributed by atoms with E-state index in [4.69, 9.17) is 52.2 Å². The number of sulfone groups is 1. The number of allylic oxidation sites excluding steroid dienone is 1. The molecule has 2 heterocycles. The van der Waals surface area contributed by atoms with Gasteiger partial charge in [-0.25, -0.2) is 42.0 Å². The number of rotatable bonds is 34. The van der Waals surface area contributed by atoms with Crippen molar-refractivity contribution in [3.05, 3.63) is 462 Å². The first-order valence-electron chi connectivity index (χ1n) is 45.0. The number of halogens is 3. The number of carboxylic acids is 7. The summed E-state index contributed by atoms with van der Waals surface area (Å²) in [5.74, 6) is -7.92. The number of anilines is 2. The van der Waals surface area contributed by atoms with E-state index in [-0.39, 0.29) is 156 Å². The maximum atomic E-state index is 12.4. The number of hydrogen-bond donors (Lipinski definition) is 10. The van der Waals surface area contributed by atoms with E-state index in [1.807, 2.05) is 79.7 Å². The second-order valence-corrected chi connectivity index (χ2v) is 33.9. The van der Waals surface area contributed by atoms with Crippen molar-refractivity contribution in [2.75, 3.05) is 23.8 Å². The predicted octanol–water partition coefficient (Wildman–Crippen LogP) is 20.4. The minimum Gasteiger partial charge on any atom is -0.494 e. The van der Waals surface area contributed by atoms with Crippen molar-refractivity contribution in [2.45, 2.75) is 75.8 Å². The van der Waals surface area contributed by atoms with Crippen LogP contribution >= 0.6 is 0 Å². The van der Waals surface area contributed by atoms with Gasteiger partial charge in [-0.2, -0.15) is 10.4 Å². The fourth-order valence-corrected chi connectivity index (χ4v) is 15.5. The Kier molecular flexibility index (Phi) is 42.3. The number of carbonyl (C=O) groups excluding carboxylic acids is 7. The summed E-state index contributed by atoms with van der Waals surface area (Å²) >= 11 is 0. The van der Waals surface area contributed by atoms with E-state index < -0.39 is 75.5 Å². The fraction of sp³-hybridized carbons (Fsp3) is 0.114. The molecule has 14 aromatic rings. The van der Waals surface area contributed by atoms with E-state index >= 15 is 0 Å². The number of aromatic amines is 1. The van der Waals surface area contributed by atoms with Crippen LogP contribution in [0.1, 0.15) is 216 Å². The zero-order valence-corrected chi connectivity index (χ0v) is 80.2. The van der Waals surface area contributed by atoms with E-state index in [0.717, 1.165) is 40.6 Å². The Hall–Kier alpha value is -19.5. The van der Waals surface area contributed by atoms with Crippen molar-refractivity contribution in [1.29, 1.82) is 5.26 Å². The van der Waals surface area contributed by atoms with Crippen LogP contribution < -0.4 is 20.1 Å². The Balaban J connectivity index is 0.000000194. The third-order valence-corrected chi connectivity index (χ3v) is 23.0. The van der Waals surface area contributed by atoms with E-state index in [1.165, 1.54) is 127 Å². The highest BCUT2D eigenvalue weighted by Gasteiger charge is 2.33. The maximum Gasteiger partial charge on any atom is 0.573 e. The summed E-state index contributed by atoms with van der Waals surface area (Å²) in [5, 5.41) is 83.5. The average Bonchev–Trinajstić information content (AvgIpc) is 1.35. The van der Waals surface area contributed by atoms with Crippen LogP contribution in [0.3, 0.4) is 0 Å². The number of aliphatic imine (C=N–C) groups is 1. The number of nitriles is 1. The number of nitrogens with zero attached hydrogens (tertiary/aromatic N) is 3. The lowest BCUT2D eigenvalue weighted by molar-refractivity contribution is -0.274. The summed E-state index contributed by atoms with van der Waals surface area (Å²) < 4.78 is 71.2. The third kappa shape index (κ3) is 35.2. The van der Waals surface area contributed by atoms with Crippen molar-refractivity contribution in [2.24, 2.45) is 4.99 Å². The van der Waals surface area contributed by atoms with Crippen LogP contribution in [0, 0.1) is 30.6 Å². The number of hydrogen-bond acceptors (Lipinski definition) is 21. The number of terminal acetylenes is 1. The van der Waals surface area contributed by atoms with Crippen molar-refractivity contribution in [3.63, 3.8) is 0 Å². The van der Waals surface area contributed by atoms with E-state index in [2.05, 4.69) is 43.4 Å². The molecule has 0 fully saturated rings. The summed E-state index contributed by atoms with van der Waals surface area (Å²) in [7, 11) is -3.40. The molecule has 15 rings (SSSR count). The van der Waals surface area contributed by atoms with E-state index in [9.17, 15) is 88.7 Å². The molecular formula is C114H93F3N6O25S. The second kappa shape index (κ2) is 55.8. The van der Waals surface area contributed by atoms with Crippen LogP contribution in [-0.4, -0.2) is 162 Å². The van der Waals surface area contributed by atoms with Gasteiger partial charge in [-0.15, -0.1) is 19.6 Å². The number of ether oxygens (including phenoxy) is 2. The summed E-state index contributed by atoms with van der Waals surface area (Å²) in [4.78, 5) is 167. The number of H-pyrrole nitrogens is 1. The molecule has 1 aliphatic rings. The number of Topliss-reactive ketones (excluding diaryl/α,β-unsaturated/α-hetero) is 5. The van der Waals surface area contributed by atoms with Gasteiger partial charge in [0, 0.05) is 69.7 Å². The number of benzene rings is 13. The van der Waals surface area contributed by atoms with Gasteiger partial charge in [0.2, 0.25) is 0 Å². The highest BCUT2D eigenvalue weighted by atomic mass is 32.2. The molecule has 149 heavy (non-hydrogen) atoms. The molecule has 0 aliphatic carbocycles. The van der Waals surface area contributed by atoms with Gasteiger partial charge in [0.15, 0.2) is 44.5 Å². The first-order chi connectivity index (χ1) is 71.2. The molecule has 1 aromatic heterocycles. The Morgan fingerprint density at radius 2 is 0.852 bits per heavy atom. The Morgan fingerprint density at radius 3 is 1.31 bits per heavy atom. The molecule has 2 amide bonds. The van der Waals surface area contributed by atoms with Crippen molar-refractivity contribution in [1.82, 2.24) is 10.2 Å². The van der Waals surface area contributed by atoms with Gasteiger partial charge in [0.05, 0.1) is 104 Å². The molecule has 0 atom stereocenters. The molecule has 35 heteroatoms. The summed E-state index contributed by atoms with van der Waals surface area (Å²) in [6.07, 6.45) is 6.52. The lowest BCUT2D eigenvalue weighted by atomic mass is 9.97. The van der Waals surface area contributed by atoms with Gasteiger partial charge >= 0.3 is 48.1 Å². The van der Waals surface area contributed by atoms with Crippen molar-refractivity contribution >= 4 is 109 Å². The van der Waals surface area contributed by atoms with Gasteiger partial charge in [0.1, 0.15) is 11.8 Å². The smallest absolute Gasteiger partial charge is 0.494 e. The van der Waals surface area contributed by atoms with Crippen LogP contribution in [-0.2, 0) is 41.3 Å². The number of aromatic carboxylic acids is 7. The van der Waals surface area contributed by atoms with Gasteiger partial charge in [-0.05, 0) is 169 Å². The number of carbonyl (C=O) groups is 14. The zero-order valence-electron chi connectivity index (χ0n) is 79.3. The molecule has 0 radical (unpaired) electrons. The molecule has 31 nitrogen and oxygen atoms in total. The van der Waals surface area contributed by atoms with Crippen LogP contribution in [0.2, 0.25) is 0 Å². The number of amides is 2. The largest absolute Gasteiger partial charge is 0.573 e. The minimum atomic E-state index is -4.92. The summed E-state index contributed by atoms with van der Waals surface area (Å²) in [6.45, 7) is 4.92.